The van der Waals surface area contributed by atoms with E-state index >= 15 is 0 Å². The number of rotatable bonds is 2. The molecule has 0 bridgehead atoms. The molecule has 0 aliphatic carbocycles. The van der Waals surface area contributed by atoms with Gasteiger partial charge in [-0.15, -0.1) is 0 Å². The monoisotopic (exact) mass is 265 g/mol. The summed E-state index contributed by atoms with van der Waals surface area (Å²) in [6.45, 7) is 4.24. The van der Waals surface area contributed by atoms with Crippen LogP contribution in [0.3, 0.4) is 0 Å². The lowest BCUT2D eigenvalue weighted by molar-refractivity contribution is 0.190. The summed E-state index contributed by atoms with van der Waals surface area (Å²) in [4.78, 5) is 4.70. The molecular weight excluding hydrogens is 250 g/mol. The van der Waals surface area contributed by atoms with Gasteiger partial charge in [0.25, 0.3) is 0 Å². The molecule has 1 aromatic carbocycles. The first-order valence-electron chi connectivity index (χ1n) is 6.19. The molecule has 2 heterocycles. The predicted octanol–water partition coefficient (Wildman–Crippen LogP) is 2.15. The molecule has 0 saturated carbocycles. The summed E-state index contributed by atoms with van der Waals surface area (Å²) in [5.41, 5.74) is 8.12. The lowest BCUT2D eigenvalue weighted by Crippen LogP contribution is -2.28. The molecule has 1 aliphatic rings. The Bertz CT molecular complexity index is 581. The van der Waals surface area contributed by atoms with E-state index in [2.05, 4.69) is 11.5 Å². The molecule has 1 aromatic heterocycles. The normalized spacial score (nSPS) is 23.9. The molecule has 3 rings (SSSR count). The van der Waals surface area contributed by atoms with Crippen LogP contribution in [-0.4, -0.2) is 28.8 Å². The van der Waals surface area contributed by atoms with Crippen molar-refractivity contribution in [3.05, 3.63) is 29.0 Å². The number of halogens is 1. The van der Waals surface area contributed by atoms with Gasteiger partial charge in [0.05, 0.1) is 30.2 Å². The van der Waals surface area contributed by atoms with E-state index in [-0.39, 0.29) is 12.0 Å². The van der Waals surface area contributed by atoms with Gasteiger partial charge in [0.15, 0.2) is 0 Å². The fourth-order valence-corrected chi connectivity index (χ4v) is 2.74. The van der Waals surface area contributed by atoms with Crippen LogP contribution in [0.5, 0.6) is 0 Å². The number of nitrogens with zero attached hydrogens (tertiary/aromatic N) is 2. The molecule has 2 atom stereocenters. The van der Waals surface area contributed by atoms with E-state index in [0.29, 0.717) is 18.2 Å². The minimum absolute atomic E-state index is 0.0302. The van der Waals surface area contributed by atoms with Crippen LogP contribution in [0.4, 0.5) is 0 Å². The highest BCUT2D eigenvalue weighted by atomic mass is 35.5. The third kappa shape index (κ3) is 1.81. The minimum Gasteiger partial charge on any atom is -0.379 e. The highest BCUT2D eigenvalue weighted by Crippen LogP contribution is 2.28. The Morgan fingerprint density at radius 2 is 2.33 bits per heavy atom. The molecule has 1 aliphatic heterocycles. The second-order valence-corrected chi connectivity index (χ2v) is 5.09. The topological polar surface area (TPSA) is 53.1 Å². The molecule has 2 N–H and O–H groups in total. The Labute approximate surface area is 111 Å². The first-order chi connectivity index (χ1) is 8.70. The Balaban J connectivity index is 2.16. The molecule has 2 aromatic rings. The highest BCUT2D eigenvalue weighted by Gasteiger charge is 2.30. The summed E-state index contributed by atoms with van der Waals surface area (Å²) in [6.07, 6.45) is 0. The van der Waals surface area contributed by atoms with Crippen LogP contribution in [-0.2, 0) is 11.3 Å². The van der Waals surface area contributed by atoms with Crippen molar-refractivity contribution in [2.45, 2.75) is 25.4 Å². The van der Waals surface area contributed by atoms with Crippen molar-refractivity contribution in [2.24, 2.45) is 5.73 Å². The quantitative estimate of drug-likeness (QED) is 0.905. The highest BCUT2D eigenvalue weighted by molar-refractivity contribution is 6.31. The summed E-state index contributed by atoms with van der Waals surface area (Å²) in [5.74, 6) is 1.19. The molecule has 0 amide bonds. The van der Waals surface area contributed by atoms with Crippen molar-refractivity contribution in [3.8, 4) is 0 Å². The van der Waals surface area contributed by atoms with Crippen molar-refractivity contribution in [3.63, 3.8) is 0 Å². The second kappa shape index (κ2) is 4.53. The van der Waals surface area contributed by atoms with E-state index in [1.807, 2.05) is 18.2 Å². The van der Waals surface area contributed by atoms with Gasteiger partial charge < -0.3 is 15.0 Å². The first-order valence-corrected chi connectivity index (χ1v) is 6.57. The smallest absolute Gasteiger partial charge is 0.116 e. The van der Waals surface area contributed by atoms with Crippen LogP contribution in [0.25, 0.3) is 11.0 Å². The van der Waals surface area contributed by atoms with Crippen LogP contribution < -0.4 is 5.73 Å². The van der Waals surface area contributed by atoms with Crippen LogP contribution in [0, 0.1) is 0 Å². The van der Waals surface area contributed by atoms with Gasteiger partial charge >= 0.3 is 0 Å². The summed E-state index contributed by atoms with van der Waals surface area (Å²) >= 11 is 6.01. The van der Waals surface area contributed by atoms with Crippen molar-refractivity contribution >= 4 is 22.6 Å². The van der Waals surface area contributed by atoms with Gasteiger partial charge in [0.2, 0.25) is 0 Å². The fraction of sp³-hybridized carbons (Fsp3) is 0.462. The number of ether oxygens (including phenoxy) is 1. The number of nitrogens with two attached hydrogens (primary N) is 1. The molecular formula is C13H16ClN3O. The zero-order valence-electron chi connectivity index (χ0n) is 10.3. The first kappa shape index (κ1) is 12.0. The third-order valence-electron chi connectivity index (χ3n) is 3.51. The number of benzene rings is 1. The molecule has 1 saturated heterocycles. The zero-order chi connectivity index (χ0) is 12.7. The Kier molecular flexibility index (Phi) is 3.01. The molecule has 4 nitrogen and oxygen atoms in total. The van der Waals surface area contributed by atoms with Gasteiger partial charge in [-0.25, -0.2) is 4.98 Å². The van der Waals surface area contributed by atoms with Crippen molar-refractivity contribution in [1.82, 2.24) is 9.55 Å². The lowest BCUT2D eigenvalue weighted by atomic mass is 10.0. The summed E-state index contributed by atoms with van der Waals surface area (Å²) in [5, 5.41) is 0.710. The van der Waals surface area contributed by atoms with E-state index in [1.165, 1.54) is 0 Å². The zero-order valence-corrected chi connectivity index (χ0v) is 11.0. The number of imidazole rings is 1. The largest absolute Gasteiger partial charge is 0.379 e. The minimum atomic E-state index is 0.0302. The molecule has 2 unspecified atom stereocenters. The number of aryl methyl sites for hydroxylation is 1. The standard InChI is InChI=1S/C13H16ClN3O/c1-2-17-12-4-3-8(14)5-11(12)16-13(17)9-6-18-7-10(9)15/h3-5,9-10H,2,6-7,15H2,1H3. The average Bonchev–Trinajstić information content (AvgIpc) is 2.91. The van der Waals surface area contributed by atoms with E-state index in [0.717, 1.165) is 23.4 Å². The van der Waals surface area contributed by atoms with E-state index < -0.39 is 0 Å². The van der Waals surface area contributed by atoms with Crippen LogP contribution in [0.2, 0.25) is 5.02 Å². The van der Waals surface area contributed by atoms with Gasteiger partial charge in [-0.1, -0.05) is 11.6 Å². The summed E-state index contributed by atoms with van der Waals surface area (Å²) in [7, 11) is 0. The molecule has 96 valence electrons. The van der Waals surface area contributed by atoms with E-state index in [4.69, 9.17) is 27.1 Å². The number of hydrogen-bond donors (Lipinski definition) is 1. The summed E-state index contributed by atoms with van der Waals surface area (Å²) in [6, 6.07) is 5.84. The maximum Gasteiger partial charge on any atom is 0.116 e. The van der Waals surface area contributed by atoms with Crippen molar-refractivity contribution in [1.29, 1.82) is 0 Å². The molecule has 18 heavy (non-hydrogen) atoms. The molecule has 0 radical (unpaired) electrons. The number of hydrogen-bond acceptors (Lipinski definition) is 3. The van der Waals surface area contributed by atoms with Crippen LogP contribution >= 0.6 is 11.6 Å². The molecule has 0 spiro atoms. The van der Waals surface area contributed by atoms with Gasteiger partial charge in [-0.05, 0) is 25.1 Å². The SMILES string of the molecule is CCn1c(C2COCC2N)nc2cc(Cl)ccc21. The molecule has 5 heteroatoms. The Morgan fingerprint density at radius 1 is 1.50 bits per heavy atom. The van der Waals surface area contributed by atoms with Gasteiger partial charge in [0, 0.05) is 17.6 Å². The van der Waals surface area contributed by atoms with Crippen molar-refractivity contribution in [2.75, 3.05) is 13.2 Å². The number of aromatic nitrogens is 2. The maximum absolute atomic E-state index is 6.08. The van der Waals surface area contributed by atoms with Crippen LogP contribution in [0.15, 0.2) is 18.2 Å². The van der Waals surface area contributed by atoms with Gasteiger partial charge in [-0.2, -0.15) is 0 Å². The Hall–Kier alpha value is -1.10. The van der Waals surface area contributed by atoms with Crippen LogP contribution in [0.1, 0.15) is 18.7 Å². The predicted molar refractivity (Wildman–Crippen MR) is 72.0 cm³/mol. The van der Waals surface area contributed by atoms with E-state index in [1.54, 1.807) is 0 Å². The average molecular weight is 266 g/mol. The Morgan fingerprint density at radius 3 is 3.00 bits per heavy atom. The van der Waals surface area contributed by atoms with Crippen molar-refractivity contribution < 1.29 is 4.74 Å². The third-order valence-corrected chi connectivity index (χ3v) is 3.75. The lowest BCUT2D eigenvalue weighted by Gasteiger charge is -2.14. The second-order valence-electron chi connectivity index (χ2n) is 4.66. The number of fused-ring (bicyclic) bond motifs is 1. The van der Waals surface area contributed by atoms with Gasteiger partial charge in [0.1, 0.15) is 5.82 Å². The van der Waals surface area contributed by atoms with E-state index in [9.17, 15) is 0 Å². The molecule has 1 fully saturated rings. The van der Waals surface area contributed by atoms with Gasteiger partial charge in [-0.3, -0.25) is 0 Å². The maximum atomic E-state index is 6.08. The fourth-order valence-electron chi connectivity index (χ4n) is 2.57. The summed E-state index contributed by atoms with van der Waals surface area (Å²) < 4.78 is 7.64.